The standard InChI is InChI=1S/C22H25N3O4/c1-3-23(17-10-6-5-7-11-17)20(26)16-29-21(27)14-15-25-19-13-9-8-12-18(19)24(4-2)22(25)28/h5-13H,3-4,14-16H2,1-2H3. The Hall–Kier alpha value is -3.35. The Labute approximate surface area is 169 Å². The number of benzene rings is 2. The fraction of sp³-hybridized carbons (Fsp3) is 0.318. The molecule has 0 aliphatic rings. The molecule has 0 spiro atoms. The van der Waals surface area contributed by atoms with Gasteiger partial charge in [0.25, 0.3) is 5.91 Å². The SMILES string of the molecule is CCN(C(=O)COC(=O)CCn1c(=O)n(CC)c2ccccc21)c1ccccc1. The summed E-state index contributed by atoms with van der Waals surface area (Å²) in [6.45, 7) is 4.68. The molecule has 1 aromatic heterocycles. The Morgan fingerprint density at radius 1 is 0.931 bits per heavy atom. The molecule has 3 rings (SSSR count). The molecule has 0 aliphatic carbocycles. The van der Waals surface area contributed by atoms with Crippen LogP contribution in [-0.4, -0.2) is 34.2 Å². The van der Waals surface area contributed by atoms with Crippen molar-refractivity contribution in [2.45, 2.75) is 33.4 Å². The molecule has 152 valence electrons. The number of carbonyl (C=O) groups excluding carboxylic acids is 2. The van der Waals surface area contributed by atoms with Crippen molar-refractivity contribution in [1.29, 1.82) is 0 Å². The summed E-state index contributed by atoms with van der Waals surface area (Å²) in [7, 11) is 0. The van der Waals surface area contributed by atoms with Gasteiger partial charge < -0.3 is 9.64 Å². The zero-order chi connectivity index (χ0) is 20.8. The maximum atomic E-state index is 12.6. The molecule has 1 amide bonds. The molecule has 3 aromatic rings. The van der Waals surface area contributed by atoms with Crippen molar-refractivity contribution in [3.8, 4) is 0 Å². The van der Waals surface area contributed by atoms with E-state index in [1.54, 1.807) is 14.0 Å². The van der Waals surface area contributed by atoms with Gasteiger partial charge in [0, 0.05) is 25.3 Å². The summed E-state index contributed by atoms with van der Waals surface area (Å²) in [5, 5.41) is 0. The predicted octanol–water partition coefficient (Wildman–Crippen LogP) is 2.81. The Bertz CT molecular complexity index is 1050. The highest BCUT2D eigenvalue weighted by atomic mass is 16.5. The van der Waals surface area contributed by atoms with Gasteiger partial charge in [-0.2, -0.15) is 0 Å². The molecule has 29 heavy (non-hydrogen) atoms. The molecule has 2 aromatic carbocycles. The Kier molecular flexibility index (Phi) is 6.49. The first-order chi connectivity index (χ1) is 14.1. The van der Waals surface area contributed by atoms with E-state index >= 15 is 0 Å². The molecule has 1 heterocycles. The lowest BCUT2D eigenvalue weighted by atomic mass is 10.3. The van der Waals surface area contributed by atoms with Crippen molar-refractivity contribution in [3.63, 3.8) is 0 Å². The number of hydrogen-bond donors (Lipinski definition) is 0. The van der Waals surface area contributed by atoms with Crippen molar-refractivity contribution in [1.82, 2.24) is 9.13 Å². The lowest BCUT2D eigenvalue weighted by Gasteiger charge is -2.20. The molecule has 0 bridgehead atoms. The largest absolute Gasteiger partial charge is 0.455 e. The molecule has 0 atom stereocenters. The number of esters is 1. The van der Waals surface area contributed by atoms with E-state index in [4.69, 9.17) is 4.74 Å². The molecule has 0 N–H and O–H groups in total. The fourth-order valence-corrected chi connectivity index (χ4v) is 3.40. The minimum Gasteiger partial charge on any atom is -0.455 e. The van der Waals surface area contributed by atoms with Gasteiger partial charge >= 0.3 is 11.7 Å². The summed E-state index contributed by atoms with van der Waals surface area (Å²) in [5.74, 6) is -0.797. The smallest absolute Gasteiger partial charge is 0.329 e. The summed E-state index contributed by atoms with van der Waals surface area (Å²) in [6.07, 6.45) is 0.0162. The number of nitrogens with zero attached hydrogens (tertiary/aromatic N) is 3. The van der Waals surface area contributed by atoms with Crippen LogP contribution in [0, 0.1) is 0 Å². The lowest BCUT2D eigenvalue weighted by Crippen LogP contribution is -2.34. The number of para-hydroxylation sites is 3. The van der Waals surface area contributed by atoms with Crippen molar-refractivity contribution in [2.75, 3.05) is 18.1 Å². The van der Waals surface area contributed by atoms with E-state index in [1.807, 2.05) is 68.4 Å². The second kappa shape index (κ2) is 9.23. The molecule has 0 saturated carbocycles. The van der Waals surface area contributed by atoms with Crippen LogP contribution in [0.5, 0.6) is 0 Å². The van der Waals surface area contributed by atoms with E-state index in [1.165, 1.54) is 0 Å². The summed E-state index contributed by atoms with van der Waals surface area (Å²) in [5.41, 5.74) is 2.23. The second-order valence-electron chi connectivity index (χ2n) is 6.55. The van der Waals surface area contributed by atoms with E-state index < -0.39 is 5.97 Å². The first-order valence-electron chi connectivity index (χ1n) is 9.75. The molecule has 7 heteroatoms. The van der Waals surface area contributed by atoms with Crippen LogP contribution in [0.2, 0.25) is 0 Å². The van der Waals surface area contributed by atoms with E-state index in [9.17, 15) is 14.4 Å². The van der Waals surface area contributed by atoms with Crippen LogP contribution in [0.4, 0.5) is 5.69 Å². The molecule has 0 radical (unpaired) electrons. The minimum atomic E-state index is -0.511. The summed E-state index contributed by atoms with van der Waals surface area (Å²) in [4.78, 5) is 38.7. The van der Waals surface area contributed by atoms with Crippen molar-refractivity contribution < 1.29 is 14.3 Å². The molecule has 0 saturated heterocycles. The summed E-state index contributed by atoms with van der Waals surface area (Å²) in [6, 6.07) is 16.7. The number of imidazole rings is 1. The van der Waals surface area contributed by atoms with Crippen LogP contribution in [0.3, 0.4) is 0 Å². The third kappa shape index (κ3) is 4.39. The van der Waals surface area contributed by atoms with E-state index in [0.717, 1.165) is 16.7 Å². The van der Waals surface area contributed by atoms with Gasteiger partial charge in [-0.15, -0.1) is 0 Å². The number of rotatable bonds is 8. The van der Waals surface area contributed by atoms with Crippen LogP contribution in [0.1, 0.15) is 20.3 Å². The molecule has 7 nitrogen and oxygen atoms in total. The first kappa shape index (κ1) is 20.4. The zero-order valence-electron chi connectivity index (χ0n) is 16.7. The maximum absolute atomic E-state index is 12.6. The van der Waals surface area contributed by atoms with Crippen LogP contribution in [0.15, 0.2) is 59.4 Å². The normalized spacial score (nSPS) is 10.8. The lowest BCUT2D eigenvalue weighted by molar-refractivity contribution is -0.148. The minimum absolute atomic E-state index is 0.0162. The van der Waals surface area contributed by atoms with Crippen LogP contribution in [0.25, 0.3) is 11.0 Å². The highest BCUT2D eigenvalue weighted by molar-refractivity contribution is 5.95. The van der Waals surface area contributed by atoms with Gasteiger partial charge in [-0.1, -0.05) is 30.3 Å². The van der Waals surface area contributed by atoms with Gasteiger partial charge in [-0.05, 0) is 38.1 Å². The molecule has 0 fully saturated rings. The molecular weight excluding hydrogens is 370 g/mol. The number of fused-ring (bicyclic) bond motifs is 1. The van der Waals surface area contributed by atoms with Crippen molar-refractivity contribution in [3.05, 3.63) is 65.1 Å². The highest BCUT2D eigenvalue weighted by Gasteiger charge is 2.17. The Balaban J connectivity index is 1.61. The number of carbonyl (C=O) groups is 2. The van der Waals surface area contributed by atoms with Gasteiger partial charge in [0.05, 0.1) is 17.5 Å². The van der Waals surface area contributed by atoms with E-state index in [2.05, 4.69) is 0 Å². The number of amides is 1. The predicted molar refractivity (Wildman–Crippen MR) is 112 cm³/mol. The first-order valence-corrected chi connectivity index (χ1v) is 9.75. The third-order valence-corrected chi connectivity index (χ3v) is 4.82. The molecule has 0 aliphatic heterocycles. The van der Waals surface area contributed by atoms with Crippen molar-refractivity contribution in [2.24, 2.45) is 0 Å². The average molecular weight is 395 g/mol. The van der Waals surface area contributed by atoms with Crippen molar-refractivity contribution >= 4 is 28.6 Å². The van der Waals surface area contributed by atoms with Gasteiger partial charge in [-0.3, -0.25) is 18.7 Å². The van der Waals surface area contributed by atoms with E-state index in [0.29, 0.717) is 13.1 Å². The fourth-order valence-electron chi connectivity index (χ4n) is 3.40. The Morgan fingerprint density at radius 2 is 1.55 bits per heavy atom. The van der Waals surface area contributed by atoms with Gasteiger partial charge in [0.2, 0.25) is 0 Å². The third-order valence-electron chi connectivity index (χ3n) is 4.82. The number of likely N-dealkylation sites (N-methyl/N-ethyl adjacent to an activating group) is 1. The van der Waals surface area contributed by atoms with E-state index in [-0.39, 0.29) is 31.2 Å². The quantitative estimate of drug-likeness (QED) is 0.550. The maximum Gasteiger partial charge on any atom is 0.329 e. The second-order valence-corrected chi connectivity index (χ2v) is 6.55. The number of aromatic nitrogens is 2. The number of aryl methyl sites for hydroxylation is 2. The zero-order valence-corrected chi connectivity index (χ0v) is 16.7. The van der Waals surface area contributed by atoms with Crippen LogP contribution >= 0.6 is 0 Å². The average Bonchev–Trinajstić information content (AvgIpc) is 3.02. The number of ether oxygens (including phenoxy) is 1. The number of hydrogen-bond acceptors (Lipinski definition) is 4. The number of anilines is 1. The Morgan fingerprint density at radius 3 is 2.17 bits per heavy atom. The monoisotopic (exact) mass is 395 g/mol. The van der Waals surface area contributed by atoms with Gasteiger partial charge in [0.1, 0.15) is 0 Å². The molecular formula is C22H25N3O4. The summed E-state index contributed by atoms with van der Waals surface area (Å²) < 4.78 is 8.41. The highest BCUT2D eigenvalue weighted by Crippen LogP contribution is 2.14. The van der Waals surface area contributed by atoms with Gasteiger partial charge in [-0.25, -0.2) is 4.79 Å². The van der Waals surface area contributed by atoms with Crippen LogP contribution in [-0.2, 0) is 27.4 Å². The topological polar surface area (TPSA) is 73.5 Å². The molecule has 0 unspecified atom stereocenters. The van der Waals surface area contributed by atoms with Crippen LogP contribution < -0.4 is 10.6 Å². The summed E-state index contributed by atoms with van der Waals surface area (Å²) >= 11 is 0. The van der Waals surface area contributed by atoms with Gasteiger partial charge in [0.15, 0.2) is 6.61 Å².